The van der Waals surface area contributed by atoms with Crippen molar-refractivity contribution < 1.29 is 9.53 Å². The minimum atomic E-state index is 0.156. The van der Waals surface area contributed by atoms with Gasteiger partial charge in [-0.1, -0.05) is 0 Å². The van der Waals surface area contributed by atoms with Crippen LogP contribution in [-0.2, 0) is 9.53 Å². The molecule has 0 aromatic rings. The Hall–Kier alpha value is -0.610. The van der Waals surface area contributed by atoms with E-state index in [9.17, 15) is 4.79 Å². The Morgan fingerprint density at radius 2 is 2.27 bits per heavy atom. The van der Waals surface area contributed by atoms with Gasteiger partial charge in [-0.05, 0) is 25.7 Å². The number of ether oxygens (including phenoxy) is 1. The van der Waals surface area contributed by atoms with Crippen LogP contribution in [0.15, 0.2) is 0 Å². The third kappa shape index (κ3) is 2.92. The monoisotopic (exact) mass is 212 g/mol. The van der Waals surface area contributed by atoms with Gasteiger partial charge >= 0.3 is 0 Å². The molecule has 2 atom stereocenters. The Labute approximate surface area is 90.8 Å². The molecule has 2 N–H and O–H groups in total. The molecule has 0 spiro atoms. The van der Waals surface area contributed by atoms with Crippen LogP contribution >= 0.6 is 0 Å². The lowest BCUT2D eigenvalue weighted by atomic mass is 10.1. The molecule has 0 aliphatic carbocycles. The van der Waals surface area contributed by atoms with Crippen LogP contribution in [0.1, 0.15) is 32.1 Å². The summed E-state index contributed by atoms with van der Waals surface area (Å²) in [7, 11) is 0. The summed E-state index contributed by atoms with van der Waals surface area (Å²) in [6, 6.07) is 0.182. The van der Waals surface area contributed by atoms with Crippen LogP contribution < -0.4 is 5.73 Å². The maximum absolute atomic E-state index is 11.8. The molecule has 2 heterocycles. The minimum Gasteiger partial charge on any atom is -0.378 e. The minimum absolute atomic E-state index is 0.156. The van der Waals surface area contributed by atoms with Gasteiger partial charge in [-0.3, -0.25) is 4.79 Å². The topological polar surface area (TPSA) is 55.6 Å². The number of nitrogens with zero attached hydrogens (tertiary/aromatic N) is 1. The predicted octanol–water partition coefficient (Wildman–Crippen LogP) is 0.505. The fourth-order valence-corrected chi connectivity index (χ4v) is 2.31. The van der Waals surface area contributed by atoms with Crippen LogP contribution in [0.2, 0.25) is 0 Å². The van der Waals surface area contributed by atoms with Gasteiger partial charge in [0.25, 0.3) is 0 Å². The van der Waals surface area contributed by atoms with E-state index in [0.717, 1.165) is 39.0 Å². The van der Waals surface area contributed by atoms with Crippen molar-refractivity contribution in [3.63, 3.8) is 0 Å². The summed E-state index contributed by atoms with van der Waals surface area (Å²) in [6.07, 6.45) is 5.01. The first kappa shape index (κ1) is 10.9. The van der Waals surface area contributed by atoms with Crippen molar-refractivity contribution in [2.45, 2.75) is 44.2 Å². The second-order valence-electron chi connectivity index (χ2n) is 4.58. The van der Waals surface area contributed by atoms with Crippen LogP contribution in [-0.4, -0.2) is 42.6 Å². The first-order chi connectivity index (χ1) is 7.25. The van der Waals surface area contributed by atoms with Gasteiger partial charge < -0.3 is 15.4 Å². The van der Waals surface area contributed by atoms with Gasteiger partial charge in [0.1, 0.15) is 0 Å². The molecule has 86 valence electrons. The zero-order valence-corrected chi connectivity index (χ0v) is 9.15. The highest BCUT2D eigenvalue weighted by atomic mass is 16.5. The largest absolute Gasteiger partial charge is 0.378 e. The normalized spacial score (nSPS) is 31.9. The lowest BCUT2D eigenvalue weighted by molar-refractivity contribution is -0.134. The summed E-state index contributed by atoms with van der Waals surface area (Å²) in [5, 5.41) is 0. The van der Waals surface area contributed by atoms with Crippen molar-refractivity contribution in [2.75, 3.05) is 19.7 Å². The van der Waals surface area contributed by atoms with Gasteiger partial charge in [-0.25, -0.2) is 0 Å². The molecule has 1 amide bonds. The number of carbonyl (C=O) groups excluding carboxylic acids is 1. The number of hydrogen-bond donors (Lipinski definition) is 1. The number of likely N-dealkylation sites (tertiary alicyclic amines) is 1. The highest BCUT2D eigenvalue weighted by Gasteiger charge is 2.26. The van der Waals surface area contributed by atoms with E-state index >= 15 is 0 Å². The fourth-order valence-electron chi connectivity index (χ4n) is 2.31. The van der Waals surface area contributed by atoms with Crippen molar-refractivity contribution in [1.29, 1.82) is 0 Å². The molecule has 2 aliphatic heterocycles. The molecule has 0 saturated carbocycles. The molecule has 0 aromatic carbocycles. The number of rotatable bonds is 2. The number of nitrogens with two attached hydrogens (primary N) is 1. The van der Waals surface area contributed by atoms with Gasteiger partial charge in [0, 0.05) is 25.7 Å². The lowest BCUT2D eigenvalue weighted by Gasteiger charge is -2.24. The first-order valence-corrected chi connectivity index (χ1v) is 5.90. The van der Waals surface area contributed by atoms with Crippen LogP contribution in [0.25, 0.3) is 0 Å². The van der Waals surface area contributed by atoms with Crippen LogP contribution in [0.3, 0.4) is 0 Å². The zero-order chi connectivity index (χ0) is 10.7. The van der Waals surface area contributed by atoms with E-state index in [1.807, 2.05) is 4.90 Å². The Balaban J connectivity index is 1.76. The van der Waals surface area contributed by atoms with Crippen molar-refractivity contribution in [3.8, 4) is 0 Å². The molecule has 4 nitrogen and oxygen atoms in total. The number of hydrogen-bond acceptors (Lipinski definition) is 3. The maximum Gasteiger partial charge on any atom is 0.225 e. The fraction of sp³-hybridized carbons (Fsp3) is 0.909. The molecule has 15 heavy (non-hydrogen) atoms. The zero-order valence-electron chi connectivity index (χ0n) is 9.15. The first-order valence-electron chi connectivity index (χ1n) is 5.90. The summed E-state index contributed by atoms with van der Waals surface area (Å²) in [5.41, 5.74) is 5.77. The third-order valence-electron chi connectivity index (χ3n) is 3.25. The van der Waals surface area contributed by atoms with E-state index in [0.29, 0.717) is 6.42 Å². The van der Waals surface area contributed by atoms with Gasteiger partial charge in [-0.15, -0.1) is 0 Å². The molecule has 0 radical (unpaired) electrons. The van der Waals surface area contributed by atoms with E-state index < -0.39 is 0 Å². The van der Waals surface area contributed by atoms with Gasteiger partial charge in [0.2, 0.25) is 5.91 Å². The molecule has 1 unspecified atom stereocenters. The molecular weight excluding hydrogens is 192 g/mol. The highest BCUT2D eigenvalue weighted by molar-refractivity contribution is 5.77. The van der Waals surface area contributed by atoms with Gasteiger partial charge in [0.15, 0.2) is 0 Å². The number of amides is 1. The van der Waals surface area contributed by atoms with E-state index in [1.54, 1.807) is 0 Å². The number of carbonyl (C=O) groups is 1. The molecule has 2 saturated heterocycles. The molecule has 2 aliphatic rings. The summed E-state index contributed by atoms with van der Waals surface area (Å²) in [5.74, 6) is 0.217. The average Bonchev–Trinajstić information content (AvgIpc) is 2.66. The molecule has 2 rings (SSSR count). The van der Waals surface area contributed by atoms with Crippen LogP contribution in [0.4, 0.5) is 0 Å². The molecule has 2 fully saturated rings. The van der Waals surface area contributed by atoms with Gasteiger partial charge in [0.05, 0.1) is 12.5 Å². The van der Waals surface area contributed by atoms with Crippen molar-refractivity contribution in [2.24, 2.45) is 5.73 Å². The van der Waals surface area contributed by atoms with E-state index in [-0.39, 0.29) is 18.1 Å². The second kappa shape index (κ2) is 4.94. The third-order valence-corrected chi connectivity index (χ3v) is 3.25. The molecule has 0 bridgehead atoms. The SMILES string of the molecule is N[C@@H]1CCN(C(=O)CC2CCCCO2)C1. The lowest BCUT2D eigenvalue weighted by Crippen LogP contribution is -2.35. The van der Waals surface area contributed by atoms with Crippen molar-refractivity contribution in [1.82, 2.24) is 4.90 Å². The smallest absolute Gasteiger partial charge is 0.225 e. The summed E-state index contributed by atoms with van der Waals surface area (Å²) in [4.78, 5) is 13.7. The quantitative estimate of drug-likeness (QED) is 0.725. The van der Waals surface area contributed by atoms with Crippen LogP contribution in [0.5, 0.6) is 0 Å². The highest BCUT2D eigenvalue weighted by Crippen LogP contribution is 2.18. The standard InChI is InChI=1S/C11H20N2O2/c12-9-4-5-13(8-9)11(14)7-10-3-1-2-6-15-10/h9-10H,1-8,12H2/t9-,10?/m1/s1. The molecule has 0 aromatic heterocycles. The van der Waals surface area contributed by atoms with Gasteiger partial charge in [-0.2, -0.15) is 0 Å². The maximum atomic E-state index is 11.8. The Kier molecular flexibility index (Phi) is 3.59. The summed E-state index contributed by atoms with van der Waals surface area (Å²) >= 11 is 0. The second-order valence-corrected chi connectivity index (χ2v) is 4.58. The van der Waals surface area contributed by atoms with E-state index in [1.165, 1.54) is 6.42 Å². The molecule has 4 heteroatoms. The van der Waals surface area contributed by atoms with E-state index in [4.69, 9.17) is 10.5 Å². The van der Waals surface area contributed by atoms with E-state index in [2.05, 4.69) is 0 Å². The van der Waals surface area contributed by atoms with Crippen molar-refractivity contribution >= 4 is 5.91 Å². The average molecular weight is 212 g/mol. The molecular formula is C11H20N2O2. The summed E-state index contributed by atoms with van der Waals surface area (Å²) in [6.45, 7) is 2.37. The summed E-state index contributed by atoms with van der Waals surface area (Å²) < 4.78 is 5.56. The Bertz CT molecular complexity index is 227. The predicted molar refractivity (Wildman–Crippen MR) is 57.4 cm³/mol. The van der Waals surface area contributed by atoms with Crippen molar-refractivity contribution in [3.05, 3.63) is 0 Å². The van der Waals surface area contributed by atoms with Crippen LogP contribution in [0, 0.1) is 0 Å². The Morgan fingerprint density at radius 3 is 2.87 bits per heavy atom. The Morgan fingerprint density at radius 1 is 1.40 bits per heavy atom.